The van der Waals surface area contributed by atoms with Crippen LogP contribution in [-0.4, -0.2) is 52.3 Å². The molecule has 1 aliphatic rings. The minimum Gasteiger partial charge on any atom is -0.497 e. The van der Waals surface area contributed by atoms with E-state index < -0.39 is 0 Å². The fraction of sp³-hybridized carbons (Fsp3) is 0.435. The lowest BCUT2D eigenvalue weighted by molar-refractivity contribution is 0.0937. The van der Waals surface area contributed by atoms with Crippen molar-refractivity contribution in [3.8, 4) is 5.75 Å². The van der Waals surface area contributed by atoms with E-state index in [2.05, 4.69) is 32.4 Å². The van der Waals surface area contributed by atoms with Gasteiger partial charge in [-0.1, -0.05) is 12.1 Å². The summed E-state index contributed by atoms with van der Waals surface area (Å²) in [7, 11) is 3.55. The van der Waals surface area contributed by atoms with Crippen LogP contribution in [0.2, 0.25) is 0 Å². The maximum Gasteiger partial charge on any atom is 0.253 e. The molecule has 0 spiro atoms. The van der Waals surface area contributed by atoms with E-state index in [1.54, 1.807) is 11.8 Å². The Balaban J connectivity index is 1.57. The largest absolute Gasteiger partial charge is 0.497 e. The van der Waals surface area contributed by atoms with E-state index >= 15 is 0 Å². The van der Waals surface area contributed by atoms with Crippen molar-refractivity contribution in [1.82, 2.24) is 25.0 Å². The summed E-state index contributed by atoms with van der Waals surface area (Å²) in [5, 5.41) is 8.49. The predicted octanol–water partition coefficient (Wildman–Crippen LogP) is 3.16. The van der Waals surface area contributed by atoms with Crippen LogP contribution < -0.4 is 10.1 Å². The zero-order valence-electron chi connectivity index (χ0n) is 18.1. The highest BCUT2D eigenvalue weighted by Crippen LogP contribution is 2.27. The second kappa shape index (κ2) is 8.44. The highest BCUT2D eigenvalue weighted by Gasteiger charge is 2.25. The normalized spacial score (nSPS) is 15.5. The van der Waals surface area contributed by atoms with E-state index in [0.717, 1.165) is 41.1 Å². The molecule has 7 heteroatoms. The number of fused-ring (bicyclic) bond motifs is 1. The van der Waals surface area contributed by atoms with Gasteiger partial charge in [-0.15, -0.1) is 0 Å². The summed E-state index contributed by atoms with van der Waals surface area (Å²) < 4.78 is 7.17. The zero-order chi connectivity index (χ0) is 21.3. The van der Waals surface area contributed by atoms with Crippen LogP contribution in [0.4, 0.5) is 0 Å². The topological polar surface area (TPSA) is 72.3 Å². The number of methoxy groups -OCH3 is 1. The molecule has 1 saturated heterocycles. The molecular weight excluding hydrogens is 378 g/mol. The third-order valence-electron chi connectivity index (χ3n) is 5.95. The Morgan fingerprint density at radius 1 is 1.20 bits per heavy atom. The molecule has 30 heavy (non-hydrogen) atoms. The first kappa shape index (κ1) is 20.3. The number of benzene rings is 1. The summed E-state index contributed by atoms with van der Waals surface area (Å²) in [4.78, 5) is 20.1. The average Bonchev–Trinajstić information content (AvgIpc) is 3.36. The van der Waals surface area contributed by atoms with E-state index in [0.29, 0.717) is 17.8 Å². The summed E-state index contributed by atoms with van der Waals surface area (Å²) in [6.07, 6.45) is 2.38. The first-order valence-electron chi connectivity index (χ1n) is 10.4. The molecular formula is C23H29N5O2. The van der Waals surface area contributed by atoms with Crippen LogP contribution in [0.25, 0.3) is 11.0 Å². The number of aryl methyl sites for hydroxylation is 3. The molecule has 0 aliphatic carbocycles. The molecule has 0 radical (unpaired) electrons. The van der Waals surface area contributed by atoms with Gasteiger partial charge < -0.3 is 10.1 Å². The molecule has 0 saturated carbocycles. The summed E-state index contributed by atoms with van der Waals surface area (Å²) in [5.74, 6) is 0.734. The average molecular weight is 408 g/mol. The van der Waals surface area contributed by atoms with E-state index in [4.69, 9.17) is 4.74 Å². The SMILES string of the molecule is COc1cccc(C(CNC(=O)c2cc3c(C)nn(C)c3nc2C)N2CCCC2)c1. The van der Waals surface area contributed by atoms with Crippen molar-refractivity contribution >= 4 is 16.9 Å². The second-order valence-electron chi connectivity index (χ2n) is 7.95. The monoisotopic (exact) mass is 407 g/mol. The number of nitrogens with zero attached hydrogens (tertiary/aromatic N) is 4. The molecule has 1 aromatic carbocycles. The quantitative estimate of drug-likeness (QED) is 0.680. The number of nitrogens with one attached hydrogen (secondary N) is 1. The lowest BCUT2D eigenvalue weighted by Crippen LogP contribution is -2.37. The summed E-state index contributed by atoms with van der Waals surface area (Å²) in [5.41, 5.74) is 4.14. The van der Waals surface area contributed by atoms with Crippen LogP contribution in [-0.2, 0) is 7.05 Å². The Morgan fingerprint density at radius 3 is 2.70 bits per heavy atom. The van der Waals surface area contributed by atoms with Gasteiger partial charge in [0.15, 0.2) is 5.65 Å². The van der Waals surface area contributed by atoms with Crippen molar-refractivity contribution in [2.45, 2.75) is 32.7 Å². The third kappa shape index (κ3) is 3.89. The van der Waals surface area contributed by atoms with Crippen molar-refractivity contribution in [3.63, 3.8) is 0 Å². The van der Waals surface area contributed by atoms with Gasteiger partial charge in [0.2, 0.25) is 0 Å². The standard InChI is InChI=1S/C23H29N5O2/c1-15-20(13-19-16(2)26-27(3)22(19)25-15)23(29)24-14-21(28-10-5-6-11-28)17-8-7-9-18(12-17)30-4/h7-9,12-13,21H,5-6,10-11,14H2,1-4H3,(H,24,29). The number of likely N-dealkylation sites (tertiary alicyclic amines) is 1. The van der Waals surface area contributed by atoms with Crippen molar-refractivity contribution in [1.29, 1.82) is 0 Å². The minimum atomic E-state index is -0.0998. The molecule has 0 bridgehead atoms. The Labute approximate surface area is 177 Å². The fourth-order valence-electron chi connectivity index (χ4n) is 4.31. The number of hydrogen-bond acceptors (Lipinski definition) is 5. The van der Waals surface area contributed by atoms with E-state index in [1.807, 2.05) is 39.1 Å². The lowest BCUT2D eigenvalue weighted by atomic mass is 10.0. The smallest absolute Gasteiger partial charge is 0.253 e. The molecule has 3 aromatic rings. The number of carbonyl (C=O) groups excluding carboxylic acids is 1. The molecule has 1 amide bonds. The third-order valence-corrected chi connectivity index (χ3v) is 5.95. The zero-order valence-corrected chi connectivity index (χ0v) is 18.1. The van der Waals surface area contributed by atoms with Crippen molar-refractivity contribution in [3.05, 3.63) is 52.8 Å². The van der Waals surface area contributed by atoms with E-state index in [1.165, 1.54) is 12.8 Å². The van der Waals surface area contributed by atoms with Crippen LogP contribution in [0, 0.1) is 13.8 Å². The van der Waals surface area contributed by atoms with Gasteiger partial charge in [-0.25, -0.2) is 4.98 Å². The molecule has 1 unspecified atom stereocenters. The lowest BCUT2D eigenvalue weighted by Gasteiger charge is -2.28. The van der Waals surface area contributed by atoms with Gasteiger partial charge >= 0.3 is 0 Å². The first-order chi connectivity index (χ1) is 14.5. The molecule has 158 valence electrons. The van der Waals surface area contributed by atoms with Crippen LogP contribution in [0.15, 0.2) is 30.3 Å². The maximum atomic E-state index is 13.1. The van der Waals surface area contributed by atoms with Crippen molar-refractivity contribution in [2.75, 3.05) is 26.7 Å². The maximum absolute atomic E-state index is 13.1. The highest BCUT2D eigenvalue weighted by molar-refractivity contribution is 5.98. The van der Waals surface area contributed by atoms with Gasteiger partial charge in [-0.05, 0) is 63.5 Å². The summed E-state index contributed by atoms with van der Waals surface area (Å²) in [6.45, 7) is 6.43. The number of aromatic nitrogens is 3. The minimum absolute atomic E-state index is 0.0998. The van der Waals surface area contributed by atoms with Crippen molar-refractivity contribution < 1.29 is 9.53 Å². The van der Waals surface area contributed by atoms with Gasteiger partial charge in [-0.3, -0.25) is 14.4 Å². The number of hydrogen-bond donors (Lipinski definition) is 1. The second-order valence-corrected chi connectivity index (χ2v) is 7.95. The van der Waals surface area contributed by atoms with Gasteiger partial charge in [0.25, 0.3) is 5.91 Å². The Bertz CT molecular complexity index is 1070. The Kier molecular flexibility index (Phi) is 5.72. The number of pyridine rings is 1. The van der Waals surface area contributed by atoms with Gasteiger partial charge in [0, 0.05) is 19.0 Å². The molecule has 7 nitrogen and oxygen atoms in total. The Morgan fingerprint density at radius 2 is 1.97 bits per heavy atom. The van der Waals surface area contributed by atoms with Crippen LogP contribution >= 0.6 is 0 Å². The molecule has 1 fully saturated rings. The van der Waals surface area contributed by atoms with E-state index in [9.17, 15) is 4.79 Å². The number of amides is 1. The van der Waals surface area contributed by atoms with Gasteiger partial charge in [0.05, 0.1) is 30.1 Å². The summed E-state index contributed by atoms with van der Waals surface area (Å²) >= 11 is 0. The molecule has 3 heterocycles. The first-order valence-corrected chi connectivity index (χ1v) is 10.4. The van der Waals surface area contributed by atoms with Crippen molar-refractivity contribution in [2.24, 2.45) is 7.05 Å². The number of carbonyl (C=O) groups is 1. The number of rotatable bonds is 6. The number of ether oxygens (including phenoxy) is 1. The highest BCUT2D eigenvalue weighted by atomic mass is 16.5. The molecule has 1 aliphatic heterocycles. The fourth-order valence-corrected chi connectivity index (χ4v) is 4.31. The van der Waals surface area contributed by atoms with Crippen LogP contribution in [0.1, 0.15) is 46.2 Å². The molecule has 2 aromatic heterocycles. The van der Waals surface area contributed by atoms with Gasteiger partial charge in [-0.2, -0.15) is 5.10 Å². The van der Waals surface area contributed by atoms with Gasteiger partial charge in [0.1, 0.15) is 5.75 Å². The molecule has 1 atom stereocenters. The molecule has 4 rings (SSSR count). The summed E-state index contributed by atoms with van der Waals surface area (Å²) in [6, 6.07) is 10.1. The van der Waals surface area contributed by atoms with Crippen LogP contribution in [0.5, 0.6) is 5.75 Å². The Hall–Kier alpha value is -2.93. The van der Waals surface area contributed by atoms with Crippen LogP contribution in [0.3, 0.4) is 0 Å². The predicted molar refractivity (Wildman–Crippen MR) is 117 cm³/mol. The van der Waals surface area contributed by atoms with E-state index in [-0.39, 0.29) is 11.9 Å². The molecule has 1 N–H and O–H groups in total.